The number of nitrogens with zero attached hydrogens (tertiary/aromatic N) is 1. The molecule has 2 rings (SSSR count). The highest BCUT2D eigenvalue weighted by Crippen LogP contribution is 2.24. The van der Waals surface area contributed by atoms with Crippen molar-refractivity contribution in [3.63, 3.8) is 0 Å². The van der Waals surface area contributed by atoms with Crippen LogP contribution in [0.4, 0.5) is 5.69 Å². The molecular formula is C12H11ClN2O4S2. The van der Waals surface area contributed by atoms with Gasteiger partial charge >= 0.3 is 0 Å². The van der Waals surface area contributed by atoms with E-state index in [0.29, 0.717) is 5.56 Å². The molecule has 0 saturated heterocycles. The van der Waals surface area contributed by atoms with Gasteiger partial charge in [-0.1, -0.05) is 0 Å². The molecule has 0 bridgehead atoms. The molecule has 0 fully saturated rings. The highest BCUT2D eigenvalue weighted by Gasteiger charge is 2.17. The third-order valence-electron chi connectivity index (χ3n) is 2.63. The minimum absolute atomic E-state index is 0.0108. The molecule has 21 heavy (non-hydrogen) atoms. The molecule has 0 atom stereocenters. The maximum Gasteiger partial charge on any atom is 0.263 e. The van der Waals surface area contributed by atoms with E-state index >= 15 is 0 Å². The lowest BCUT2D eigenvalue weighted by molar-refractivity contribution is 0.600. The molecule has 6 nitrogen and oxygen atoms in total. The van der Waals surface area contributed by atoms with Crippen LogP contribution in [0.3, 0.4) is 0 Å². The number of aryl methyl sites for hydroxylation is 1. The zero-order valence-corrected chi connectivity index (χ0v) is 13.2. The molecule has 1 N–H and O–H groups in total. The molecule has 0 unspecified atom stereocenters. The molecule has 9 heteroatoms. The van der Waals surface area contributed by atoms with Gasteiger partial charge in [0, 0.05) is 28.8 Å². The molecule has 0 spiro atoms. The number of rotatable bonds is 4. The smallest absolute Gasteiger partial charge is 0.263 e. The minimum atomic E-state index is -3.86. The predicted molar refractivity (Wildman–Crippen MR) is 79.3 cm³/mol. The quantitative estimate of drug-likeness (QED) is 0.856. The van der Waals surface area contributed by atoms with Crippen molar-refractivity contribution in [3.05, 3.63) is 48.3 Å². The number of sulfonamides is 1. The van der Waals surface area contributed by atoms with Gasteiger partial charge in [0.25, 0.3) is 19.1 Å². The number of anilines is 1. The Morgan fingerprint density at radius 1 is 1.14 bits per heavy atom. The fourth-order valence-electron chi connectivity index (χ4n) is 1.71. The van der Waals surface area contributed by atoms with Crippen LogP contribution in [0.5, 0.6) is 0 Å². The van der Waals surface area contributed by atoms with Crippen LogP contribution in [-0.2, 0) is 19.1 Å². The highest BCUT2D eigenvalue weighted by molar-refractivity contribution is 8.13. The van der Waals surface area contributed by atoms with Crippen molar-refractivity contribution in [3.8, 4) is 0 Å². The molecule has 1 aromatic carbocycles. The summed E-state index contributed by atoms with van der Waals surface area (Å²) in [7, 11) is -2.36. The molecule has 2 aromatic rings. The summed E-state index contributed by atoms with van der Waals surface area (Å²) >= 11 is 0. The van der Waals surface area contributed by atoms with Crippen LogP contribution < -0.4 is 4.72 Å². The van der Waals surface area contributed by atoms with Gasteiger partial charge in [0.2, 0.25) is 0 Å². The van der Waals surface area contributed by atoms with Gasteiger partial charge in [-0.2, -0.15) is 0 Å². The van der Waals surface area contributed by atoms with Gasteiger partial charge in [0.05, 0.1) is 4.90 Å². The normalized spacial score (nSPS) is 12.1. The van der Waals surface area contributed by atoms with Gasteiger partial charge in [-0.3, -0.25) is 9.71 Å². The topological polar surface area (TPSA) is 93.2 Å². The van der Waals surface area contributed by atoms with E-state index in [0.717, 1.165) is 0 Å². The second-order valence-electron chi connectivity index (χ2n) is 4.21. The Morgan fingerprint density at radius 2 is 1.86 bits per heavy atom. The van der Waals surface area contributed by atoms with Crippen LogP contribution in [0.25, 0.3) is 0 Å². The summed E-state index contributed by atoms with van der Waals surface area (Å²) in [6.45, 7) is 1.52. The van der Waals surface area contributed by atoms with Crippen molar-refractivity contribution >= 4 is 35.4 Å². The van der Waals surface area contributed by atoms with Gasteiger partial charge in [-0.15, -0.1) is 0 Å². The van der Waals surface area contributed by atoms with E-state index in [1.165, 1.54) is 49.6 Å². The van der Waals surface area contributed by atoms with E-state index in [1.807, 2.05) is 0 Å². The summed E-state index contributed by atoms with van der Waals surface area (Å²) < 4.78 is 49.1. The zero-order chi connectivity index (χ0) is 15.7. The lowest BCUT2D eigenvalue weighted by atomic mass is 10.2. The SMILES string of the molecule is Cc1cc(NS(=O)(=O)c2cccnc2)ccc1S(=O)(=O)Cl. The predicted octanol–water partition coefficient (Wildman–Crippen LogP) is 2.12. The van der Waals surface area contributed by atoms with Crippen LogP contribution in [0.15, 0.2) is 52.5 Å². The maximum absolute atomic E-state index is 12.1. The fourth-order valence-corrected chi connectivity index (χ4v) is 3.91. The fraction of sp³-hybridized carbons (Fsp3) is 0.0833. The number of nitrogens with one attached hydrogen (secondary N) is 1. The van der Waals surface area contributed by atoms with Crippen LogP contribution in [0.1, 0.15) is 5.56 Å². The Bertz CT molecular complexity index is 865. The van der Waals surface area contributed by atoms with E-state index in [-0.39, 0.29) is 15.5 Å². The molecule has 1 heterocycles. The summed E-state index contributed by atoms with van der Waals surface area (Å²) in [6.07, 6.45) is 2.68. The maximum atomic E-state index is 12.1. The number of pyridine rings is 1. The first-order chi connectivity index (χ1) is 9.70. The summed E-state index contributed by atoms with van der Waals surface area (Å²) in [5.74, 6) is 0. The first kappa shape index (κ1) is 15.7. The molecular weight excluding hydrogens is 336 g/mol. The first-order valence-electron chi connectivity index (χ1n) is 5.68. The Morgan fingerprint density at radius 3 is 2.38 bits per heavy atom. The Hall–Kier alpha value is -1.64. The summed E-state index contributed by atoms with van der Waals surface area (Å²) in [5.41, 5.74) is 0.580. The first-order valence-corrected chi connectivity index (χ1v) is 9.47. The van der Waals surface area contributed by atoms with Crippen LogP contribution in [0, 0.1) is 6.92 Å². The monoisotopic (exact) mass is 346 g/mol. The molecule has 0 radical (unpaired) electrons. The van der Waals surface area contributed by atoms with Crippen molar-refractivity contribution in [2.75, 3.05) is 4.72 Å². The average molecular weight is 347 g/mol. The minimum Gasteiger partial charge on any atom is -0.280 e. The lowest BCUT2D eigenvalue weighted by Gasteiger charge is -2.09. The Balaban J connectivity index is 2.36. The molecule has 0 aliphatic rings. The van der Waals surface area contributed by atoms with Crippen LogP contribution in [-0.4, -0.2) is 21.8 Å². The molecule has 0 aliphatic carbocycles. The van der Waals surface area contributed by atoms with E-state index in [1.54, 1.807) is 0 Å². The average Bonchev–Trinajstić information content (AvgIpc) is 2.37. The standard InChI is InChI=1S/C12H11ClN2O4S2/c1-9-7-10(4-5-12(9)20(13,16)17)15-21(18,19)11-3-2-6-14-8-11/h2-8,15H,1H3. The van der Waals surface area contributed by atoms with Crippen molar-refractivity contribution in [1.29, 1.82) is 0 Å². The largest absolute Gasteiger partial charge is 0.280 e. The number of hydrogen-bond donors (Lipinski definition) is 1. The molecule has 0 amide bonds. The second kappa shape index (κ2) is 5.63. The van der Waals surface area contributed by atoms with E-state index in [4.69, 9.17) is 10.7 Å². The Labute approximate surface area is 127 Å². The lowest BCUT2D eigenvalue weighted by Crippen LogP contribution is -2.13. The van der Waals surface area contributed by atoms with Gasteiger partial charge in [-0.05, 0) is 42.8 Å². The summed E-state index contributed by atoms with van der Waals surface area (Å²) in [5, 5.41) is 0. The van der Waals surface area contributed by atoms with Crippen LogP contribution in [0.2, 0.25) is 0 Å². The number of benzene rings is 1. The van der Waals surface area contributed by atoms with Gasteiger partial charge in [0.1, 0.15) is 4.90 Å². The van der Waals surface area contributed by atoms with Crippen molar-refractivity contribution < 1.29 is 16.8 Å². The van der Waals surface area contributed by atoms with E-state index < -0.39 is 19.1 Å². The van der Waals surface area contributed by atoms with Crippen molar-refractivity contribution in [1.82, 2.24) is 4.98 Å². The third kappa shape index (κ3) is 3.72. The molecule has 0 saturated carbocycles. The number of aromatic nitrogens is 1. The number of hydrogen-bond acceptors (Lipinski definition) is 5. The van der Waals surface area contributed by atoms with E-state index in [9.17, 15) is 16.8 Å². The Kier molecular flexibility index (Phi) is 4.22. The zero-order valence-electron chi connectivity index (χ0n) is 10.8. The third-order valence-corrected chi connectivity index (χ3v) is 5.48. The van der Waals surface area contributed by atoms with Crippen molar-refractivity contribution in [2.24, 2.45) is 0 Å². The number of halogens is 1. The van der Waals surface area contributed by atoms with Crippen LogP contribution >= 0.6 is 10.7 Å². The molecule has 112 valence electrons. The second-order valence-corrected chi connectivity index (χ2v) is 8.43. The summed E-state index contributed by atoms with van der Waals surface area (Å²) in [4.78, 5) is 3.69. The van der Waals surface area contributed by atoms with Crippen molar-refractivity contribution in [2.45, 2.75) is 16.7 Å². The summed E-state index contributed by atoms with van der Waals surface area (Å²) in [6, 6.07) is 6.88. The molecule has 0 aliphatic heterocycles. The van der Waals surface area contributed by atoms with E-state index in [2.05, 4.69) is 9.71 Å². The van der Waals surface area contributed by atoms with Gasteiger partial charge < -0.3 is 0 Å². The highest BCUT2D eigenvalue weighted by atomic mass is 35.7. The van der Waals surface area contributed by atoms with Gasteiger partial charge in [-0.25, -0.2) is 16.8 Å². The van der Waals surface area contributed by atoms with Gasteiger partial charge in [0.15, 0.2) is 0 Å². The molecule has 1 aromatic heterocycles.